The third kappa shape index (κ3) is 5.76. The zero-order chi connectivity index (χ0) is 25.6. The lowest BCUT2D eigenvalue weighted by Gasteiger charge is -2.40. The molecule has 5 rings (SSSR count). The molecule has 188 valence electrons. The molecule has 1 fully saturated rings. The SMILES string of the molecule is Cc1ccc(C(c2ccccc2)N2CCN(C(=O)NC(c3ccccc3)c3ccccc3)CC2)c(C)c1. The van der Waals surface area contributed by atoms with Gasteiger partial charge in [0.2, 0.25) is 0 Å². The number of rotatable bonds is 6. The lowest BCUT2D eigenvalue weighted by Crippen LogP contribution is -2.53. The molecule has 0 saturated carbocycles. The highest BCUT2D eigenvalue weighted by atomic mass is 16.2. The van der Waals surface area contributed by atoms with E-state index in [1.165, 1.54) is 22.3 Å². The molecule has 0 bridgehead atoms. The quantitative estimate of drug-likeness (QED) is 0.335. The Balaban J connectivity index is 1.32. The Bertz CT molecular complexity index is 1260. The molecule has 1 aliphatic rings. The maximum Gasteiger partial charge on any atom is 0.318 e. The molecule has 1 saturated heterocycles. The minimum absolute atomic E-state index is 0.0138. The van der Waals surface area contributed by atoms with Crippen LogP contribution < -0.4 is 5.32 Å². The number of benzene rings is 4. The number of piperazine rings is 1. The summed E-state index contributed by atoms with van der Waals surface area (Å²) in [6, 6.07) is 37.8. The van der Waals surface area contributed by atoms with Crippen LogP contribution in [0.4, 0.5) is 4.79 Å². The Morgan fingerprint density at radius 3 is 1.70 bits per heavy atom. The van der Waals surface area contributed by atoms with Crippen LogP contribution in [0.5, 0.6) is 0 Å². The average molecular weight is 490 g/mol. The summed E-state index contributed by atoms with van der Waals surface area (Å²) in [4.78, 5) is 17.9. The number of hydrogen-bond donors (Lipinski definition) is 1. The predicted molar refractivity (Wildman–Crippen MR) is 151 cm³/mol. The van der Waals surface area contributed by atoms with E-state index in [1.807, 2.05) is 41.3 Å². The lowest BCUT2D eigenvalue weighted by molar-refractivity contribution is 0.119. The molecule has 0 radical (unpaired) electrons. The van der Waals surface area contributed by atoms with Gasteiger partial charge in [-0.3, -0.25) is 4.90 Å². The highest BCUT2D eigenvalue weighted by Crippen LogP contribution is 2.32. The van der Waals surface area contributed by atoms with Crippen LogP contribution in [-0.4, -0.2) is 42.0 Å². The molecule has 1 N–H and O–H groups in total. The Morgan fingerprint density at radius 2 is 1.19 bits per heavy atom. The van der Waals surface area contributed by atoms with Crippen LogP contribution in [0.1, 0.15) is 45.5 Å². The summed E-state index contributed by atoms with van der Waals surface area (Å²) in [6.45, 7) is 7.37. The van der Waals surface area contributed by atoms with Crippen LogP contribution in [0.25, 0.3) is 0 Å². The van der Waals surface area contributed by atoms with E-state index in [0.717, 1.165) is 24.2 Å². The van der Waals surface area contributed by atoms with Gasteiger partial charge < -0.3 is 10.2 Å². The van der Waals surface area contributed by atoms with Crippen molar-refractivity contribution >= 4 is 6.03 Å². The molecule has 1 heterocycles. The first-order valence-corrected chi connectivity index (χ1v) is 13.1. The van der Waals surface area contributed by atoms with Crippen LogP contribution in [0, 0.1) is 13.8 Å². The summed E-state index contributed by atoms with van der Waals surface area (Å²) in [6.07, 6.45) is 0. The first kappa shape index (κ1) is 24.8. The lowest BCUT2D eigenvalue weighted by atomic mass is 9.92. The summed E-state index contributed by atoms with van der Waals surface area (Å²) in [5.74, 6) is 0. The fourth-order valence-electron chi connectivity index (χ4n) is 5.40. The second-order valence-corrected chi connectivity index (χ2v) is 9.90. The number of carbonyl (C=O) groups excluding carboxylic acids is 1. The first-order chi connectivity index (χ1) is 18.1. The molecule has 37 heavy (non-hydrogen) atoms. The van der Waals surface area contributed by atoms with Gasteiger partial charge in [-0.05, 0) is 41.7 Å². The molecule has 4 aromatic carbocycles. The van der Waals surface area contributed by atoms with Gasteiger partial charge in [-0.1, -0.05) is 115 Å². The van der Waals surface area contributed by atoms with E-state index >= 15 is 0 Å². The van der Waals surface area contributed by atoms with Crippen molar-refractivity contribution in [2.45, 2.75) is 25.9 Å². The smallest absolute Gasteiger partial charge is 0.318 e. The van der Waals surface area contributed by atoms with Crippen molar-refractivity contribution in [3.63, 3.8) is 0 Å². The molecule has 2 amide bonds. The van der Waals surface area contributed by atoms with Crippen LogP contribution in [0.3, 0.4) is 0 Å². The number of carbonyl (C=O) groups is 1. The van der Waals surface area contributed by atoms with E-state index < -0.39 is 0 Å². The number of aryl methyl sites for hydroxylation is 2. The normalized spacial score (nSPS) is 14.9. The molecule has 1 atom stereocenters. The predicted octanol–water partition coefficient (Wildman–Crippen LogP) is 6.51. The zero-order valence-electron chi connectivity index (χ0n) is 21.7. The summed E-state index contributed by atoms with van der Waals surface area (Å²) in [5, 5.41) is 3.31. The van der Waals surface area contributed by atoms with E-state index in [9.17, 15) is 4.79 Å². The standard InChI is InChI=1S/C33H35N3O/c1-25-18-19-30(26(2)24-25)32(29-16-10-5-11-17-29)35-20-22-36(23-21-35)33(37)34-31(27-12-6-3-7-13-27)28-14-8-4-9-15-28/h3-19,24,31-32H,20-23H2,1-2H3,(H,34,37). The van der Waals surface area contributed by atoms with Gasteiger partial charge >= 0.3 is 6.03 Å². The van der Waals surface area contributed by atoms with Crippen molar-refractivity contribution in [3.8, 4) is 0 Å². The third-order valence-electron chi connectivity index (χ3n) is 7.34. The van der Waals surface area contributed by atoms with Gasteiger partial charge in [0.25, 0.3) is 0 Å². The zero-order valence-corrected chi connectivity index (χ0v) is 21.7. The minimum Gasteiger partial charge on any atom is -0.327 e. The van der Waals surface area contributed by atoms with Crippen molar-refractivity contribution in [1.29, 1.82) is 0 Å². The molecule has 4 heteroatoms. The van der Waals surface area contributed by atoms with Gasteiger partial charge in [0, 0.05) is 26.2 Å². The Morgan fingerprint density at radius 1 is 0.676 bits per heavy atom. The highest BCUT2D eigenvalue weighted by Gasteiger charge is 2.30. The largest absolute Gasteiger partial charge is 0.327 e. The van der Waals surface area contributed by atoms with E-state index in [4.69, 9.17) is 0 Å². The van der Waals surface area contributed by atoms with Gasteiger partial charge in [0.1, 0.15) is 0 Å². The van der Waals surface area contributed by atoms with E-state index in [2.05, 4.69) is 96.9 Å². The first-order valence-electron chi connectivity index (χ1n) is 13.1. The molecule has 1 unspecified atom stereocenters. The molecule has 1 aliphatic heterocycles. The van der Waals surface area contributed by atoms with Crippen LogP contribution >= 0.6 is 0 Å². The molecule has 0 spiro atoms. The maximum atomic E-state index is 13.5. The van der Waals surface area contributed by atoms with Gasteiger partial charge in [-0.15, -0.1) is 0 Å². The summed E-state index contributed by atoms with van der Waals surface area (Å²) in [5.41, 5.74) is 7.38. The fourth-order valence-corrected chi connectivity index (χ4v) is 5.40. The van der Waals surface area contributed by atoms with E-state index in [-0.39, 0.29) is 18.1 Å². The maximum absolute atomic E-state index is 13.5. The van der Waals surface area contributed by atoms with Crippen molar-refractivity contribution < 1.29 is 4.79 Å². The van der Waals surface area contributed by atoms with E-state index in [1.54, 1.807) is 0 Å². The third-order valence-corrected chi connectivity index (χ3v) is 7.34. The number of hydrogen-bond acceptors (Lipinski definition) is 2. The fraction of sp³-hybridized carbons (Fsp3) is 0.242. The van der Waals surface area contributed by atoms with Gasteiger partial charge in [0.15, 0.2) is 0 Å². The highest BCUT2D eigenvalue weighted by molar-refractivity contribution is 5.75. The monoisotopic (exact) mass is 489 g/mol. The second-order valence-electron chi connectivity index (χ2n) is 9.90. The second kappa shape index (κ2) is 11.4. The molecule has 4 aromatic rings. The van der Waals surface area contributed by atoms with Crippen LogP contribution in [0.2, 0.25) is 0 Å². The molecule has 0 aromatic heterocycles. The van der Waals surface area contributed by atoms with Gasteiger partial charge in [-0.25, -0.2) is 4.79 Å². The Hall–Kier alpha value is -3.89. The molecular weight excluding hydrogens is 454 g/mol. The van der Waals surface area contributed by atoms with Crippen molar-refractivity contribution in [3.05, 3.63) is 143 Å². The summed E-state index contributed by atoms with van der Waals surface area (Å²) < 4.78 is 0. The summed E-state index contributed by atoms with van der Waals surface area (Å²) in [7, 11) is 0. The molecule has 4 nitrogen and oxygen atoms in total. The summed E-state index contributed by atoms with van der Waals surface area (Å²) >= 11 is 0. The molecular formula is C33H35N3O. The number of nitrogens with zero attached hydrogens (tertiary/aromatic N) is 2. The number of urea groups is 1. The number of amides is 2. The van der Waals surface area contributed by atoms with Crippen LogP contribution in [-0.2, 0) is 0 Å². The Kier molecular flexibility index (Phi) is 7.67. The minimum atomic E-state index is -0.180. The van der Waals surface area contributed by atoms with Crippen molar-refractivity contribution in [2.75, 3.05) is 26.2 Å². The van der Waals surface area contributed by atoms with E-state index in [0.29, 0.717) is 13.1 Å². The topological polar surface area (TPSA) is 35.6 Å². The van der Waals surface area contributed by atoms with Gasteiger partial charge in [-0.2, -0.15) is 0 Å². The van der Waals surface area contributed by atoms with Crippen LogP contribution in [0.15, 0.2) is 109 Å². The average Bonchev–Trinajstić information content (AvgIpc) is 2.95. The van der Waals surface area contributed by atoms with Gasteiger partial charge in [0.05, 0.1) is 12.1 Å². The number of nitrogens with one attached hydrogen (secondary N) is 1. The molecule has 0 aliphatic carbocycles. The Labute approximate surface area is 220 Å². The van der Waals surface area contributed by atoms with Crippen molar-refractivity contribution in [1.82, 2.24) is 15.1 Å². The van der Waals surface area contributed by atoms with Crippen molar-refractivity contribution in [2.24, 2.45) is 0 Å².